The molecule has 194 valence electrons. The predicted molar refractivity (Wildman–Crippen MR) is 148 cm³/mol. The van der Waals surface area contributed by atoms with E-state index in [1.165, 1.54) is 6.07 Å². The molecule has 1 atom stereocenters. The highest BCUT2D eigenvalue weighted by Gasteiger charge is 2.48. The van der Waals surface area contributed by atoms with Crippen LogP contribution < -0.4 is 10.1 Å². The maximum atomic E-state index is 14.3. The van der Waals surface area contributed by atoms with Crippen LogP contribution in [0.25, 0.3) is 21.6 Å². The Kier molecular flexibility index (Phi) is 7.04. The minimum Gasteiger partial charge on any atom is -0.496 e. The normalized spacial score (nSPS) is 14.4. The number of benzene rings is 3. The van der Waals surface area contributed by atoms with Gasteiger partial charge >= 0.3 is 6.09 Å². The number of anilines is 1. The van der Waals surface area contributed by atoms with E-state index in [2.05, 4.69) is 5.32 Å². The van der Waals surface area contributed by atoms with Crippen molar-refractivity contribution in [3.63, 3.8) is 0 Å². The summed E-state index contributed by atoms with van der Waals surface area (Å²) < 4.78 is 25.5. The Morgan fingerprint density at radius 1 is 0.974 bits per heavy atom. The first-order valence-electron chi connectivity index (χ1n) is 12.4. The van der Waals surface area contributed by atoms with Crippen LogP contribution in [-0.2, 0) is 14.9 Å². The fourth-order valence-electron chi connectivity index (χ4n) is 4.77. The molecule has 0 spiro atoms. The minimum atomic E-state index is -0.664. The molecule has 1 N–H and O–H groups in total. The van der Waals surface area contributed by atoms with Gasteiger partial charge < -0.3 is 9.47 Å². The number of methoxy groups -OCH3 is 1. The fourth-order valence-corrected chi connectivity index (χ4v) is 5.61. The standard InChI is InChI=1S/C31H28FNO4S/c1-19(21-7-5-4-6-8-21)37-30(35)33-26-18-28(32)38-29(26)23-11-14-25(27(17-23)36-3)22-9-12-24(13-10-22)31(15-16-31)20(2)34/h4-14,17-19H,15-16H2,1-3H3,(H,33,35)/t19-/m1/s1. The number of carbonyl (C=O) groups is 2. The molecule has 4 aromatic rings. The molecular formula is C31H28FNO4S. The Morgan fingerprint density at radius 3 is 2.29 bits per heavy atom. The monoisotopic (exact) mass is 529 g/mol. The van der Waals surface area contributed by atoms with Gasteiger partial charge in [-0.25, -0.2) is 4.79 Å². The van der Waals surface area contributed by atoms with Crippen molar-refractivity contribution < 1.29 is 23.5 Å². The molecule has 0 saturated heterocycles. The van der Waals surface area contributed by atoms with Crippen LogP contribution in [0.5, 0.6) is 5.75 Å². The predicted octanol–water partition coefficient (Wildman–Crippen LogP) is 8.16. The number of hydrogen-bond acceptors (Lipinski definition) is 5. The lowest BCUT2D eigenvalue weighted by molar-refractivity contribution is -0.119. The van der Waals surface area contributed by atoms with Gasteiger partial charge in [0.1, 0.15) is 17.6 Å². The molecule has 5 nitrogen and oxygen atoms in total. The summed E-state index contributed by atoms with van der Waals surface area (Å²) in [7, 11) is 1.59. The molecule has 0 unspecified atom stereocenters. The van der Waals surface area contributed by atoms with Gasteiger partial charge in [-0.1, -0.05) is 66.7 Å². The molecule has 1 aromatic heterocycles. The Labute approximate surface area is 225 Å². The largest absolute Gasteiger partial charge is 0.496 e. The van der Waals surface area contributed by atoms with Crippen molar-refractivity contribution in [1.82, 2.24) is 0 Å². The van der Waals surface area contributed by atoms with Crippen LogP contribution in [0, 0.1) is 5.13 Å². The van der Waals surface area contributed by atoms with Crippen molar-refractivity contribution in [2.45, 2.75) is 38.2 Å². The summed E-state index contributed by atoms with van der Waals surface area (Å²) in [5.74, 6) is 0.821. The molecule has 0 radical (unpaired) electrons. The number of rotatable bonds is 8. The number of carbonyl (C=O) groups excluding carboxylic acids is 2. The summed E-state index contributed by atoms with van der Waals surface area (Å²) in [5, 5.41) is 2.26. The number of hydrogen-bond donors (Lipinski definition) is 1. The Balaban J connectivity index is 1.37. The van der Waals surface area contributed by atoms with Crippen LogP contribution in [-0.4, -0.2) is 19.0 Å². The van der Waals surface area contributed by atoms with Crippen molar-refractivity contribution >= 4 is 28.9 Å². The Bertz CT molecular complexity index is 1480. The third-order valence-electron chi connectivity index (χ3n) is 7.13. The summed E-state index contributed by atoms with van der Waals surface area (Å²) in [4.78, 5) is 25.2. The van der Waals surface area contributed by atoms with Crippen LogP contribution in [0.1, 0.15) is 43.9 Å². The van der Waals surface area contributed by atoms with Gasteiger partial charge in [0, 0.05) is 11.6 Å². The highest BCUT2D eigenvalue weighted by molar-refractivity contribution is 7.14. The molecule has 5 rings (SSSR count). The summed E-state index contributed by atoms with van der Waals surface area (Å²) in [6, 6.07) is 24.3. The lowest BCUT2D eigenvalue weighted by Gasteiger charge is -2.15. The van der Waals surface area contributed by atoms with E-state index in [9.17, 15) is 14.0 Å². The molecule has 1 fully saturated rings. The van der Waals surface area contributed by atoms with E-state index in [-0.39, 0.29) is 11.2 Å². The van der Waals surface area contributed by atoms with Crippen LogP contribution in [0.2, 0.25) is 0 Å². The smallest absolute Gasteiger partial charge is 0.412 e. The van der Waals surface area contributed by atoms with E-state index in [4.69, 9.17) is 9.47 Å². The van der Waals surface area contributed by atoms with Crippen molar-refractivity contribution in [3.05, 3.63) is 95.1 Å². The third-order valence-corrected chi connectivity index (χ3v) is 8.10. The molecule has 1 aliphatic rings. The molecule has 0 aliphatic heterocycles. The van der Waals surface area contributed by atoms with Gasteiger partial charge in [-0.05, 0) is 55.0 Å². The lowest BCUT2D eigenvalue weighted by atomic mass is 9.90. The summed E-state index contributed by atoms with van der Waals surface area (Å²) in [5.41, 5.74) is 4.44. The molecule has 7 heteroatoms. The Morgan fingerprint density at radius 2 is 1.66 bits per heavy atom. The third kappa shape index (κ3) is 5.07. The van der Waals surface area contributed by atoms with Crippen LogP contribution in [0.3, 0.4) is 0 Å². The maximum Gasteiger partial charge on any atom is 0.412 e. The zero-order chi connectivity index (χ0) is 26.9. The second-order valence-corrected chi connectivity index (χ2v) is 10.5. The first kappa shape index (κ1) is 25.7. The zero-order valence-electron chi connectivity index (χ0n) is 21.4. The topological polar surface area (TPSA) is 64.6 Å². The Hall–Kier alpha value is -3.97. The number of amides is 1. The van der Waals surface area contributed by atoms with Crippen LogP contribution in [0.4, 0.5) is 14.9 Å². The van der Waals surface area contributed by atoms with Gasteiger partial charge in [-0.2, -0.15) is 4.39 Å². The number of thiophene rings is 1. The van der Waals surface area contributed by atoms with Crippen LogP contribution in [0.15, 0.2) is 78.9 Å². The van der Waals surface area contributed by atoms with Gasteiger partial charge in [0.15, 0.2) is 5.13 Å². The van der Waals surface area contributed by atoms with Crippen molar-refractivity contribution in [2.75, 3.05) is 12.4 Å². The average molecular weight is 530 g/mol. The SMILES string of the molecule is COc1cc(-c2sc(F)cc2NC(=O)O[C@H](C)c2ccccc2)ccc1-c1ccc(C2(C(C)=O)CC2)cc1. The molecular weight excluding hydrogens is 501 g/mol. The van der Waals surface area contributed by atoms with E-state index < -0.39 is 17.3 Å². The molecule has 0 bridgehead atoms. The number of halogens is 1. The highest BCUT2D eigenvalue weighted by atomic mass is 32.1. The van der Waals surface area contributed by atoms with Gasteiger partial charge in [0.25, 0.3) is 0 Å². The molecule has 1 amide bonds. The maximum absolute atomic E-state index is 14.3. The molecule has 1 saturated carbocycles. The van der Waals surface area contributed by atoms with Crippen molar-refractivity contribution in [1.29, 1.82) is 0 Å². The van der Waals surface area contributed by atoms with Crippen molar-refractivity contribution in [2.24, 2.45) is 0 Å². The molecule has 1 aliphatic carbocycles. The first-order valence-corrected chi connectivity index (χ1v) is 13.2. The number of ketones is 1. The average Bonchev–Trinajstić information content (AvgIpc) is 3.67. The summed E-state index contributed by atoms with van der Waals surface area (Å²) in [6.07, 6.45) is 0.667. The second-order valence-electron chi connectivity index (χ2n) is 9.51. The first-order chi connectivity index (χ1) is 18.3. The second kappa shape index (κ2) is 10.4. The molecule has 3 aromatic carbocycles. The summed E-state index contributed by atoms with van der Waals surface area (Å²) >= 11 is 0.935. The number of ether oxygens (including phenoxy) is 2. The molecule has 38 heavy (non-hydrogen) atoms. The lowest BCUT2D eigenvalue weighted by Crippen LogP contribution is -2.16. The fraction of sp³-hybridized carbons (Fsp3) is 0.226. The van der Waals surface area contributed by atoms with Gasteiger partial charge in [0.2, 0.25) is 0 Å². The number of nitrogens with one attached hydrogen (secondary N) is 1. The van der Waals surface area contributed by atoms with E-state index in [1.807, 2.05) is 72.8 Å². The van der Waals surface area contributed by atoms with Crippen molar-refractivity contribution in [3.8, 4) is 27.3 Å². The zero-order valence-corrected chi connectivity index (χ0v) is 22.2. The van der Waals surface area contributed by atoms with Crippen LogP contribution >= 0.6 is 11.3 Å². The van der Waals surface area contributed by atoms with Gasteiger partial charge in [-0.15, -0.1) is 11.3 Å². The van der Waals surface area contributed by atoms with E-state index >= 15 is 0 Å². The van der Waals surface area contributed by atoms with Gasteiger partial charge in [0.05, 0.1) is 23.1 Å². The van der Waals surface area contributed by atoms with E-state index in [0.29, 0.717) is 21.9 Å². The minimum absolute atomic E-state index is 0.207. The summed E-state index contributed by atoms with van der Waals surface area (Å²) in [6.45, 7) is 3.44. The number of Topliss-reactive ketones (excluding diaryl/α,β-unsaturated/α-hetero) is 1. The van der Waals surface area contributed by atoms with E-state index in [1.54, 1.807) is 21.0 Å². The van der Waals surface area contributed by atoms with Gasteiger partial charge in [-0.3, -0.25) is 10.1 Å². The highest BCUT2D eigenvalue weighted by Crippen LogP contribution is 2.49. The quantitative estimate of drug-likeness (QED) is 0.250. The van der Waals surface area contributed by atoms with E-state index in [0.717, 1.165) is 46.4 Å². The molecule has 1 heterocycles.